The number of amides is 1. The third-order valence-electron chi connectivity index (χ3n) is 4.98. The van der Waals surface area contributed by atoms with E-state index in [1.54, 1.807) is 24.3 Å². The van der Waals surface area contributed by atoms with Crippen LogP contribution in [0.15, 0.2) is 47.6 Å². The standard InChI is InChI=1S/C24H28N2O6/c1-2-21(27)17-6-9-19(10-7-17)32-16-24(28)25-12-3-5-20(26-29)18-8-11-22-23(15-18)31-14-4-13-30-22/h6-11,15,29H,2-5,12-14,16H2,1H3,(H,25,28). The Labute approximate surface area is 187 Å². The van der Waals surface area contributed by atoms with Gasteiger partial charge >= 0.3 is 0 Å². The van der Waals surface area contributed by atoms with Gasteiger partial charge in [-0.05, 0) is 55.3 Å². The number of nitrogens with zero attached hydrogens (tertiary/aromatic N) is 1. The summed E-state index contributed by atoms with van der Waals surface area (Å²) in [5, 5.41) is 15.6. The van der Waals surface area contributed by atoms with Gasteiger partial charge in [-0.25, -0.2) is 0 Å². The maximum Gasteiger partial charge on any atom is 0.257 e. The molecule has 0 bridgehead atoms. The van der Waals surface area contributed by atoms with Crippen LogP contribution < -0.4 is 19.5 Å². The van der Waals surface area contributed by atoms with E-state index in [0.717, 1.165) is 12.0 Å². The maximum absolute atomic E-state index is 12.0. The smallest absolute Gasteiger partial charge is 0.257 e. The van der Waals surface area contributed by atoms with Gasteiger partial charge < -0.3 is 24.7 Å². The van der Waals surface area contributed by atoms with Crippen molar-refractivity contribution in [1.29, 1.82) is 0 Å². The average molecular weight is 440 g/mol. The Morgan fingerprint density at radius 2 is 1.78 bits per heavy atom. The van der Waals surface area contributed by atoms with Crippen LogP contribution in [0.4, 0.5) is 0 Å². The molecule has 0 fully saturated rings. The summed E-state index contributed by atoms with van der Waals surface area (Å²) in [5.74, 6) is 1.65. The first-order valence-electron chi connectivity index (χ1n) is 10.7. The van der Waals surface area contributed by atoms with Crippen LogP contribution in [0.25, 0.3) is 0 Å². The zero-order valence-electron chi connectivity index (χ0n) is 18.1. The van der Waals surface area contributed by atoms with Crippen LogP contribution in [0.1, 0.15) is 48.5 Å². The number of Topliss-reactive ketones (excluding diaryl/α,β-unsaturated/α-hetero) is 1. The Morgan fingerprint density at radius 1 is 1.06 bits per heavy atom. The van der Waals surface area contributed by atoms with Crippen LogP contribution in [0, 0.1) is 0 Å². The Balaban J connectivity index is 1.40. The monoisotopic (exact) mass is 440 g/mol. The molecule has 8 heteroatoms. The number of hydrogen-bond acceptors (Lipinski definition) is 7. The summed E-state index contributed by atoms with van der Waals surface area (Å²) < 4.78 is 16.8. The van der Waals surface area contributed by atoms with Crippen molar-refractivity contribution in [3.05, 3.63) is 53.6 Å². The Kier molecular flexibility index (Phi) is 8.48. The molecule has 2 aromatic rings. The molecule has 3 rings (SSSR count). The quantitative estimate of drug-likeness (QED) is 0.192. The lowest BCUT2D eigenvalue weighted by atomic mass is 10.0. The van der Waals surface area contributed by atoms with E-state index >= 15 is 0 Å². The number of nitrogens with one attached hydrogen (secondary N) is 1. The number of benzene rings is 2. The van der Waals surface area contributed by atoms with Crippen molar-refractivity contribution in [3.63, 3.8) is 0 Å². The summed E-state index contributed by atoms with van der Waals surface area (Å²) in [5.41, 5.74) is 1.88. The number of oxime groups is 1. The molecule has 0 saturated carbocycles. The molecule has 170 valence electrons. The van der Waals surface area contributed by atoms with Crippen LogP contribution in [0.3, 0.4) is 0 Å². The van der Waals surface area contributed by atoms with Gasteiger partial charge in [0.1, 0.15) is 5.75 Å². The predicted molar refractivity (Wildman–Crippen MR) is 119 cm³/mol. The molecule has 1 heterocycles. The van der Waals surface area contributed by atoms with E-state index in [4.69, 9.17) is 14.2 Å². The Bertz CT molecular complexity index is 955. The van der Waals surface area contributed by atoms with Gasteiger partial charge in [0, 0.05) is 30.5 Å². The van der Waals surface area contributed by atoms with Gasteiger partial charge in [-0.1, -0.05) is 12.1 Å². The fraction of sp³-hybridized carbons (Fsp3) is 0.375. The molecule has 1 aliphatic rings. The van der Waals surface area contributed by atoms with Gasteiger partial charge in [0.25, 0.3) is 5.91 Å². The van der Waals surface area contributed by atoms with E-state index in [2.05, 4.69) is 10.5 Å². The number of ether oxygens (including phenoxy) is 3. The van der Waals surface area contributed by atoms with Crippen molar-refractivity contribution in [2.45, 2.75) is 32.6 Å². The predicted octanol–water partition coefficient (Wildman–Crippen LogP) is 3.59. The molecule has 0 aromatic heterocycles. The summed E-state index contributed by atoms with van der Waals surface area (Å²) in [6.45, 7) is 3.29. The summed E-state index contributed by atoms with van der Waals surface area (Å²) in [7, 11) is 0. The molecule has 0 saturated heterocycles. The molecular formula is C24H28N2O6. The third kappa shape index (κ3) is 6.47. The fourth-order valence-electron chi connectivity index (χ4n) is 3.22. The molecule has 32 heavy (non-hydrogen) atoms. The molecule has 1 amide bonds. The molecule has 0 aliphatic carbocycles. The fourth-order valence-corrected chi connectivity index (χ4v) is 3.22. The van der Waals surface area contributed by atoms with Crippen molar-refractivity contribution in [2.24, 2.45) is 5.16 Å². The van der Waals surface area contributed by atoms with Gasteiger partial charge in [0.05, 0.1) is 18.9 Å². The normalized spacial score (nSPS) is 13.2. The van der Waals surface area contributed by atoms with Gasteiger partial charge in [-0.15, -0.1) is 0 Å². The van der Waals surface area contributed by atoms with Crippen LogP contribution in [0.5, 0.6) is 17.2 Å². The van der Waals surface area contributed by atoms with E-state index in [0.29, 0.717) is 67.5 Å². The van der Waals surface area contributed by atoms with Crippen LogP contribution in [-0.4, -0.2) is 49.0 Å². The molecule has 0 radical (unpaired) electrons. The second kappa shape index (κ2) is 11.7. The lowest BCUT2D eigenvalue weighted by molar-refractivity contribution is -0.123. The van der Waals surface area contributed by atoms with Crippen molar-refractivity contribution in [1.82, 2.24) is 5.32 Å². The summed E-state index contributed by atoms with van der Waals surface area (Å²) >= 11 is 0. The molecule has 8 nitrogen and oxygen atoms in total. The topological polar surface area (TPSA) is 106 Å². The maximum atomic E-state index is 12.0. The van der Waals surface area contributed by atoms with Crippen LogP contribution in [0.2, 0.25) is 0 Å². The molecule has 0 unspecified atom stereocenters. The summed E-state index contributed by atoms with van der Waals surface area (Å²) in [6, 6.07) is 12.2. The first kappa shape index (κ1) is 23.1. The molecule has 2 aromatic carbocycles. The van der Waals surface area contributed by atoms with Crippen molar-refractivity contribution >= 4 is 17.4 Å². The molecular weight excluding hydrogens is 412 g/mol. The minimum Gasteiger partial charge on any atom is -0.490 e. The molecule has 0 spiro atoms. The highest BCUT2D eigenvalue weighted by Crippen LogP contribution is 2.31. The molecule has 1 aliphatic heterocycles. The number of fused-ring (bicyclic) bond motifs is 1. The molecule has 2 N–H and O–H groups in total. The Morgan fingerprint density at radius 3 is 2.50 bits per heavy atom. The van der Waals surface area contributed by atoms with Gasteiger partial charge in [0.15, 0.2) is 23.9 Å². The van der Waals surface area contributed by atoms with E-state index in [1.165, 1.54) is 0 Å². The number of carbonyl (C=O) groups is 2. The number of ketones is 1. The highest BCUT2D eigenvalue weighted by molar-refractivity contribution is 6.00. The first-order chi connectivity index (χ1) is 15.6. The largest absolute Gasteiger partial charge is 0.490 e. The van der Waals surface area contributed by atoms with Crippen molar-refractivity contribution < 1.29 is 29.0 Å². The van der Waals surface area contributed by atoms with Crippen LogP contribution >= 0.6 is 0 Å². The second-order valence-electron chi connectivity index (χ2n) is 7.30. The lowest BCUT2D eigenvalue weighted by Crippen LogP contribution is -2.30. The summed E-state index contributed by atoms with van der Waals surface area (Å²) in [6.07, 6.45) is 2.33. The highest BCUT2D eigenvalue weighted by Gasteiger charge is 2.14. The SMILES string of the molecule is CCC(=O)c1ccc(OCC(=O)NCCCC(=NO)c2ccc3c(c2)OCCCO3)cc1. The minimum absolute atomic E-state index is 0.0619. The van der Waals surface area contributed by atoms with E-state index < -0.39 is 0 Å². The third-order valence-corrected chi connectivity index (χ3v) is 4.98. The van der Waals surface area contributed by atoms with Gasteiger partial charge in [-0.3, -0.25) is 9.59 Å². The van der Waals surface area contributed by atoms with E-state index in [1.807, 2.05) is 25.1 Å². The Hall–Kier alpha value is -3.55. The number of hydrogen-bond donors (Lipinski definition) is 2. The first-order valence-corrected chi connectivity index (χ1v) is 10.7. The zero-order valence-corrected chi connectivity index (χ0v) is 18.1. The average Bonchev–Trinajstić information content (AvgIpc) is 3.07. The second-order valence-corrected chi connectivity index (χ2v) is 7.30. The van der Waals surface area contributed by atoms with Crippen molar-refractivity contribution in [2.75, 3.05) is 26.4 Å². The van der Waals surface area contributed by atoms with Gasteiger partial charge in [-0.2, -0.15) is 0 Å². The molecule has 0 atom stereocenters. The van der Waals surface area contributed by atoms with Crippen LogP contribution in [-0.2, 0) is 4.79 Å². The van der Waals surface area contributed by atoms with Gasteiger partial charge in [0.2, 0.25) is 0 Å². The van der Waals surface area contributed by atoms with Crippen molar-refractivity contribution in [3.8, 4) is 17.2 Å². The van der Waals surface area contributed by atoms with E-state index in [9.17, 15) is 14.8 Å². The van der Waals surface area contributed by atoms with E-state index in [-0.39, 0.29) is 18.3 Å². The minimum atomic E-state index is -0.253. The number of carbonyl (C=O) groups excluding carboxylic acids is 2. The number of rotatable bonds is 10. The lowest BCUT2D eigenvalue weighted by Gasteiger charge is -2.11. The highest BCUT2D eigenvalue weighted by atomic mass is 16.5. The zero-order chi connectivity index (χ0) is 22.8. The summed E-state index contributed by atoms with van der Waals surface area (Å²) in [4.78, 5) is 23.6.